The Kier molecular flexibility index (Phi) is 68.6. The molecule has 0 rings (SSSR count). The van der Waals surface area contributed by atoms with Gasteiger partial charge in [-0.15, -0.1) is 0 Å². The first kappa shape index (κ1) is 79.8. The molecule has 6 heteroatoms. The minimum Gasteiger partial charge on any atom is -0.462 e. The van der Waals surface area contributed by atoms with E-state index in [2.05, 4.69) is 93.7 Å². The zero-order valence-corrected chi connectivity index (χ0v) is 55.5. The molecule has 0 saturated heterocycles. The normalized spacial score (nSPS) is 12.5. The Hall–Kier alpha value is -3.15. The fourth-order valence-electron chi connectivity index (χ4n) is 10.8. The van der Waals surface area contributed by atoms with Gasteiger partial charge in [0.05, 0.1) is 0 Å². The third-order valence-corrected chi connectivity index (χ3v) is 16.2. The van der Waals surface area contributed by atoms with Crippen LogP contribution in [0.5, 0.6) is 0 Å². The molecule has 0 aliphatic heterocycles. The van der Waals surface area contributed by atoms with Crippen molar-refractivity contribution in [2.24, 2.45) is 0 Å². The summed E-state index contributed by atoms with van der Waals surface area (Å²) in [6.45, 7) is 6.59. The lowest BCUT2D eigenvalue weighted by Crippen LogP contribution is -2.30. The summed E-state index contributed by atoms with van der Waals surface area (Å²) in [6, 6.07) is 0. The molecule has 0 saturated carbocycles. The SMILES string of the molecule is CC/C=C\C/C=C\C/C=C\C/C=C\C/C=C\CCCCCCCCCCCCCC(=O)OCC(COC(=O)CCCCCCCCCCCCCCCCC)OC(=O)CCCCCCCCCCCCC/C=C\CCCCCCCCCC. The summed E-state index contributed by atoms with van der Waals surface area (Å²) >= 11 is 0. The lowest BCUT2D eigenvalue weighted by atomic mass is 10.0. The highest BCUT2D eigenvalue weighted by Gasteiger charge is 2.19. The third-order valence-electron chi connectivity index (χ3n) is 16.2. The van der Waals surface area contributed by atoms with Crippen LogP contribution in [0.25, 0.3) is 0 Å². The van der Waals surface area contributed by atoms with Gasteiger partial charge in [0.25, 0.3) is 0 Å². The molecule has 0 aromatic carbocycles. The van der Waals surface area contributed by atoms with Crippen LogP contribution in [-0.2, 0) is 28.6 Å². The second kappa shape index (κ2) is 71.3. The molecule has 0 bridgehead atoms. The molecule has 0 heterocycles. The molecule has 0 amide bonds. The molecular weight excluding hydrogens is 1020 g/mol. The summed E-state index contributed by atoms with van der Waals surface area (Å²) in [5.41, 5.74) is 0. The summed E-state index contributed by atoms with van der Waals surface area (Å²) in [5.74, 6) is -0.850. The first-order valence-corrected chi connectivity index (χ1v) is 36.4. The van der Waals surface area contributed by atoms with E-state index in [-0.39, 0.29) is 31.1 Å². The van der Waals surface area contributed by atoms with Crippen molar-refractivity contribution in [3.63, 3.8) is 0 Å². The smallest absolute Gasteiger partial charge is 0.306 e. The molecule has 1 atom stereocenters. The second-order valence-corrected chi connectivity index (χ2v) is 24.5. The van der Waals surface area contributed by atoms with Gasteiger partial charge in [-0.25, -0.2) is 0 Å². The molecule has 0 radical (unpaired) electrons. The third kappa shape index (κ3) is 69.5. The maximum atomic E-state index is 13.0. The highest BCUT2D eigenvalue weighted by atomic mass is 16.6. The van der Waals surface area contributed by atoms with E-state index in [9.17, 15) is 14.4 Å². The van der Waals surface area contributed by atoms with Crippen molar-refractivity contribution < 1.29 is 28.6 Å². The highest BCUT2D eigenvalue weighted by Crippen LogP contribution is 2.18. The van der Waals surface area contributed by atoms with Crippen molar-refractivity contribution in [3.8, 4) is 0 Å². The van der Waals surface area contributed by atoms with Gasteiger partial charge < -0.3 is 14.2 Å². The summed E-state index contributed by atoms with van der Waals surface area (Å²) in [6.07, 6.45) is 93.6. The molecule has 0 spiro atoms. The van der Waals surface area contributed by atoms with Crippen LogP contribution in [0.4, 0.5) is 0 Å². The van der Waals surface area contributed by atoms with Gasteiger partial charge in [-0.05, 0) is 89.9 Å². The lowest BCUT2D eigenvalue weighted by molar-refractivity contribution is -0.167. The van der Waals surface area contributed by atoms with Gasteiger partial charge >= 0.3 is 17.9 Å². The molecule has 482 valence electrons. The Bertz CT molecular complexity index is 1520. The van der Waals surface area contributed by atoms with E-state index in [1.54, 1.807) is 0 Å². The standard InChI is InChI=1S/C77H138O6/c1-4-7-10-13-16-19-22-25-28-30-32-34-36-37-38-39-41-42-44-46-49-52-55-58-61-64-67-70-76(79)82-73-74(72-81-75(78)69-66-63-60-57-54-51-48-27-24-21-18-15-12-9-6-3)83-77(80)71-68-65-62-59-56-53-50-47-45-43-40-35-33-31-29-26-23-20-17-14-11-8-5-2/h7,10,16,19,25,28,31-34,37-38,74H,4-6,8-9,11-15,17-18,20-24,26-27,29-30,35-36,39-73H2,1-3H3/b10-7-,19-16-,28-25-,33-31-,34-32-,38-37-. The summed E-state index contributed by atoms with van der Waals surface area (Å²) in [7, 11) is 0. The van der Waals surface area contributed by atoms with E-state index in [4.69, 9.17) is 14.2 Å². The molecule has 0 fully saturated rings. The Morgan fingerprint density at radius 2 is 0.470 bits per heavy atom. The van der Waals surface area contributed by atoms with Crippen LogP contribution in [0.2, 0.25) is 0 Å². The van der Waals surface area contributed by atoms with Crippen molar-refractivity contribution in [1.82, 2.24) is 0 Å². The van der Waals surface area contributed by atoms with Crippen molar-refractivity contribution in [3.05, 3.63) is 72.9 Å². The van der Waals surface area contributed by atoms with E-state index in [1.165, 1.54) is 250 Å². The van der Waals surface area contributed by atoms with Gasteiger partial charge in [0.2, 0.25) is 0 Å². The van der Waals surface area contributed by atoms with Crippen LogP contribution in [-0.4, -0.2) is 37.2 Å². The summed E-state index contributed by atoms with van der Waals surface area (Å²) in [4.78, 5) is 38.5. The van der Waals surface area contributed by atoms with Crippen molar-refractivity contribution in [2.45, 2.75) is 386 Å². The molecule has 0 aromatic heterocycles. The van der Waals surface area contributed by atoms with Crippen LogP contribution in [0.3, 0.4) is 0 Å². The van der Waals surface area contributed by atoms with Crippen molar-refractivity contribution >= 4 is 17.9 Å². The number of allylic oxidation sites excluding steroid dienone is 12. The number of carbonyl (C=O) groups is 3. The van der Waals surface area contributed by atoms with Crippen LogP contribution in [0.15, 0.2) is 72.9 Å². The molecule has 6 nitrogen and oxygen atoms in total. The van der Waals surface area contributed by atoms with Crippen molar-refractivity contribution in [1.29, 1.82) is 0 Å². The summed E-state index contributed by atoms with van der Waals surface area (Å²) in [5, 5.41) is 0. The Labute approximate surface area is 516 Å². The second-order valence-electron chi connectivity index (χ2n) is 24.5. The number of carbonyl (C=O) groups excluding carboxylic acids is 3. The van der Waals surface area contributed by atoms with Gasteiger partial charge in [-0.2, -0.15) is 0 Å². The number of hydrogen-bond donors (Lipinski definition) is 0. The number of unbranched alkanes of at least 4 members (excludes halogenated alkanes) is 44. The fourth-order valence-corrected chi connectivity index (χ4v) is 10.8. The van der Waals surface area contributed by atoms with Crippen LogP contribution >= 0.6 is 0 Å². The zero-order chi connectivity index (χ0) is 59.9. The molecule has 0 N–H and O–H groups in total. The van der Waals surface area contributed by atoms with E-state index in [1.807, 2.05) is 0 Å². The molecule has 0 aromatic rings. The average molecular weight is 1160 g/mol. The van der Waals surface area contributed by atoms with Gasteiger partial charge in [-0.1, -0.05) is 344 Å². The number of ether oxygens (including phenoxy) is 3. The number of rotatable bonds is 67. The minimum absolute atomic E-state index is 0.0713. The van der Waals surface area contributed by atoms with E-state index in [0.717, 1.165) is 89.9 Å². The number of esters is 3. The van der Waals surface area contributed by atoms with E-state index >= 15 is 0 Å². The minimum atomic E-state index is -0.777. The highest BCUT2D eigenvalue weighted by molar-refractivity contribution is 5.71. The van der Waals surface area contributed by atoms with Crippen LogP contribution in [0.1, 0.15) is 380 Å². The van der Waals surface area contributed by atoms with Gasteiger partial charge in [-0.3, -0.25) is 14.4 Å². The number of hydrogen-bond acceptors (Lipinski definition) is 6. The largest absolute Gasteiger partial charge is 0.462 e. The van der Waals surface area contributed by atoms with Gasteiger partial charge in [0, 0.05) is 19.3 Å². The Balaban J connectivity index is 4.29. The molecular formula is C77H138O6. The predicted octanol–water partition coefficient (Wildman–Crippen LogP) is 25.2. The van der Waals surface area contributed by atoms with Crippen LogP contribution < -0.4 is 0 Å². The Morgan fingerprint density at radius 3 is 0.747 bits per heavy atom. The quantitative estimate of drug-likeness (QED) is 0.0261. The molecule has 83 heavy (non-hydrogen) atoms. The van der Waals surface area contributed by atoms with E-state index in [0.29, 0.717) is 19.3 Å². The van der Waals surface area contributed by atoms with E-state index < -0.39 is 6.10 Å². The summed E-state index contributed by atoms with van der Waals surface area (Å²) < 4.78 is 17.0. The lowest BCUT2D eigenvalue weighted by Gasteiger charge is -2.18. The topological polar surface area (TPSA) is 78.9 Å². The van der Waals surface area contributed by atoms with Gasteiger partial charge in [0.15, 0.2) is 6.10 Å². The molecule has 1 unspecified atom stereocenters. The fraction of sp³-hybridized carbons (Fsp3) is 0.805. The van der Waals surface area contributed by atoms with Crippen molar-refractivity contribution in [2.75, 3.05) is 13.2 Å². The predicted molar refractivity (Wildman–Crippen MR) is 362 cm³/mol. The Morgan fingerprint density at radius 1 is 0.253 bits per heavy atom. The monoisotopic (exact) mass is 1160 g/mol. The molecule has 0 aliphatic carbocycles. The maximum absolute atomic E-state index is 13.0. The average Bonchev–Trinajstić information content (AvgIpc) is 3.49. The molecule has 0 aliphatic rings. The first-order valence-electron chi connectivity index (χ1n) is 36.4. The zero-order valence-electron chi connectivity index (χ0n) is 55.5. The van der Waals surface area contributed by atoms with Crippen LogP contribution in [0, 0.1) is 0 Å². The van der Waals surface area contributed by atoms with Gasteiger partial charge in [0.1, 0.15) is 13.2 Å². The maximum Gasteiger partial charge on any atom is 0.306 e. The first-order chi connectivity index (χ1) is 41.0.